The molecule has 21 heavy (non-hydrogen) atoms. The highest BCUT2D eigenvalue weighted by molar-refractivity contribution is 9.09. The van der Waals surface area contributed by atoms with Crippen molar-refractivity contribution in [2.45, 2.75) is 26.2 Å². The van der Waals surface area contributed by atoms with E-state index in [1.807, 2.05) is 18.2 Å². The lowest BCUT2D eigenvalue weighted by molar-refractivity contribution is -0.120. The Morgan fingerprint density at radius 3 is 2.71 bits per heavy atom. The van der Waals surface area contributed by atoms with Crippen molar-refractivity contribution in [2.75, 3.05) is 11.9 Å². The predicted molar refractivity (Wildman–Crippen MR) is 92.9 cm³/mol. The van der Waals surface area contributed by atoms with E-state index < -0.39 is 0 Å². The van der Waals surface area contributed by atoms with E-state index in [0.29, 0.717) is 12.3 Å². The zero-order valence-corrected chi connectivity index (χ0v) is 14.0. The molecule has 0 spiro atoms. The van der Waals surface area contributed by atoms with Crippen LogP contribution >= 0.6 is 15.9 Å². The van der Waals surface area contributed by atoms with Gasteiger partial charge < -0.3 is 5.32 Å². The first kappa shape index (κ1) is 16.0. The zero-order valence-electron chi connectivity index (χ0n) is 12.4. The minimum Gasteiger partial charge on any atom is -0.356 e. The highest BCUT2D eigenvalue weighted by atomic mass is 79.9. The lowest BCUT2D eigenvalue weighted by atomic mass is 10.0. The maximum Gasteiger partial charge on any atom is 0.224 e. The van der Waals surface area contributed by atoms with Crippen LogP contribution in [0.3, 0.4) is 0 Å². The summed E-state index contributed by atoms with van der Waals surface area (Å²) < 4.78 is 0. The van der Waals surface area contributed by atoms with Crippen LogP contribution in [0, 0.1) is 5.92 Å². The first-order valence-electron chi connectivity index (χ1n) is 7.49. The molecule has 0 aromatic heterocycles. The van der Waals surface area contributed by atoms with E-state index in [9.17, 15) is 4.79 Å². The van der Waals surface area contributed by atoms with E-state index in [4.69, 9.17) is 0 Å². The molecule has 112 valence electrons. The van der Waals surface area contributed by atoms with Crippen molar-refractivity contribution >= 4 is 32.6 Å². The van der Waals surface area contributed by atoms with Gasteiger partial charge in [0.15, 0.2) is 0 Å². The average molecular weight is 348 g/mol. The van der Waals surface area contributed by atoms with Gasteiger partial charge in [0.2, 0.25) is 5.91 Å². The summed E-state index contributed by atoms with van der Waals surface area (Å²) in [6, 6.07) is 14.4. The van der Waals surface area contributed by atoms with Gasteiger partial charge >= 0.3 is 0 Å². The third kappa shape index (κ3) is 5.16. The maximum atomic E-state index is 11.9. The van der Waals surface area contributed by atoms with E-state index in [1.165, 1.54) is 10.8 Å². The smallest absolute Gasteiger partial charge is 0.224 e. The van der Waals surface area contributed by atoms with E-state index in [1.54, 1.807) is 0 Å². The summed E-state index contributed by atoms with van der Waals surface area (Å²) in [7, 11) is 0. The van der Waals surface area contributed by atoms with Crippen molar-refractivity contribution in [1.82, 2.24) is 5.32 Å². The Morgan fingerprint density at radius 1 is 1.19 bits per heavy atom. The van der Waals surface area contributed by atoms with E-state index in [-0.39, 0.29) is 5.91 Å². The van der Waals surface area contributed by atoms with Crippen molar-refractivity contribution in [3.63, 3.8) is 0 Å². The quantitative estimate of drug-likeness (QED) is 0.586. The molecule has 0 heterocycles. The molecule has 1 amide bonds. The number of benzene rings is 2. The molecule has 0 aliphatic rings. The molecular weight excluding hydrogens is 326 g/mol. The number of rotatable bonds is 7. The topological polar surface area (TPSA) is 29.1 Å². The molecule has 0 saturated heterocycles. The molecule has 0 aliphatic heterocycles. The van der Waals surface area contributed by atoms with Crippen molar-refractivity contribution in [3.05, 3.63) is 48.0 Å². The van der Waals surface area contributed by atoms with E-state index >= 15 is 0 Å². The molecule has 0 fully saturated rings. The summed E-state index contributed by atoms with van der Waals surface area (Å²) in [6.45, 7) is 2.98. The molecule has 2 rings (SSSR count). The third-order valence-corrected chi connectivity index (χ3v) is 4.74. The highest BCUT2D eigenvalue weighted by Crippen LogP contribution is 2.16. The van der Waals surface area contributed by atoms with Crippen LogP contribution < -0.4 is 5.32 Å². The Bertz CT molecular complexity index is 597. The van der Waals surface area contributed by atoms with Crippen LogP contribution in [-0.2, 0) is 11.2 Å². The summed E-state index contributed by atoms with van der Waals surface area (Å²) in [4.78, 5) is 11.9. The molecule has 1 atom stereocenters. The fraction of sp³-hybridized carbons (Fsp3) is 0.389. The summed E-state index contributed by atoms with van der Waals surface area (Å²) in [5.74, 6) is 0.777. The first-order valence-corrected chi connectivity index (χ1v) is 8.61. The standard InChI is InChI=1S/C18H22BrNO/c1-14(13-19)5-4-10-20-18(21)12-15-8-9-16-6-2-3-7-17(16)11-15/h2-3,6-9,11,14H,4-5,10,12-13H2,1H3,(H,20,21). The van der Waals surface area contributed by atoms with Gasteiger partial charge in [0.25, 0.3) is 0 Å². The van der Waals surface area contributed by atoms with Gasteiger partial charge in [0.1, 0.15) is 0 Å². The van der Waals surface area contributed by atoms with Crippen LogP contribution in [0.5, 0.6) is 0 Å². The number of carbonyl (C=O) groups excluding carboxylic acids is 1. The largest absolute Gasteiger partial charge is 0.356 e. The molecule has 0 radical (unpaired) electrons. The molecule has 2 aromatic rings. The van der Waals surface area contributed by atoms with Gasteiger partial charge in [0, 0.05) is 11.9 Å². The van der Waals surface area contributed by atoms with Gasteiger partial charge in [-0.15, -0.1) is 0 Å². The van der Waals surface area contributed by atoms with Crippen molar-refractivity contribution in [1.29, 1.82) is 0 Å². The number of hydrogen-bond acceptors (Lipinski definition) is 1. The van der Waals surface area contributed by atoms with E-state index in [2.05, 4.69) is 52.4 Å². The van der Waals surface area contributed by atoms with Gasteiger partial charge in [-0.2, -0.15) is 0 Å². The van der Waals surface area contributed by atoms with E-state index in [0.717, 1.165) is 30.3 Å². The van der Waals surface area contributed by atoms with Crippen molar-refractivity contribution < 1.29 is 4.79 Å². The third-order valence-electron chi connectivity index (χ3n) is 3.64. The summed E-state index contributed by atoms with van der Waals surface area (Å²) in [5, 5.41) is 6.43. The number of amides is 1. The number of nitrogens with one attached hydrogen (secondary N) is 1. The zero-order chi connectivity index (χ0) is 15.1. The molecule has 3 heteroatoms. The monoisotopic (exact) mass is 347 g/mol. The summed E-state index contributed by atoms with van der Waals surface area (Å²) in [6.07, 6.45) is 2.64. The Kier molecular flexibility index (Phi) is 6.24. The SMILES string of the molecule is CC(CBr)CCCNC(=O)Cc1ccc2ccccc2c1. The minimum absolute atomic E-state index is 0.108. The fourth-order valence-electron chi connectivity index (χ4n) is 2.35. The lowest BCUT2D eigenvalue weighted by Crippen LogP contribution is -2.26. The molecule has 0 saturated carbocycles. The van der Waals surface area contributed by atoms with Gasteiger partial charge in [-0.05, 0) is 35.1 Å². The Morgan fingerprint density at radius 2 is 1.95 bits per heavy atom. The van der Waals surface area contributed by atoms with Crippen LogP contribution in [0.2, 0.25) is 0 Å². The van der Waals surface area contributed by atoms with Crippen LogP contribution in [0.15, 0.2) is 42.5 Å². The van der Waals surface area contributed by atoms with Crippen LogP contribution in [0.1, 0.15) is 25.3 Å². The number of halogens is 1. The highest BCUT2D eigenvalue weighted by Gasteiger charge is 2.05. The number of hydrogen-bond donors (Lipinski definition) is 1. The Hall–Kier alpha value is -1.35. The van der Waals surface area contributed by atoms with Crippen LogP contribution in [0.4, 0.5) is 0 Å². The fourth-order valence-corrected chi connectivity index (χ4v) is 2.68. The molecule has 1 N–H and O–H groups in total. The first-order chi connectivity index (χ1) is 10.2. The lowest BCUT2D eigenvalue weighted by Gasteiger charge is -2.09. The molecule has 1 unspecified atom stereocenters. The van der Waals surface area contributed by atoms with Gasteiger partial charge in [-0.3, -0.25) is 4.79 Å². The minimum atomic E-state index is 0.108. The van der Waals surface area contributed by atoms with Crippen molar-refractivity contribution in [3.8, 4) is 0 Å². The Labute approximate surface area is 135 Å². The molecule has 0 aliphatic carbocycles. The second kappa shape index (κ2) is 8.18. The van der Waals surface area contributed by atoms with Crippen molar-refractivity contribution in [2.24, 2.45) is 5.92 Å². The number of carbonyl (C=O) groups is 1. The maximum absolute atomic E-state index is 11.9. The number of fused-ring (bicyclic) bond motifs is 1. The van der Waals surface area contributed by atoms with Gasteiger partial charge in [0.05, 0.1) is 6.42 Å². The number of alkyl halides is 1. The summed E-state index contributed by atoms with van der Waals surface area (Å²) >= 11 is 3.47. The average Bonchev–Trinajstić information content (AvgIpc) is 2.51. The van der Waals surface area contributed by atoms with Crippen LogP contribution in [0.25, 0.3) is 10.8 Å². The van der Waals surface area contributed by atoms with Gasteiger partial charge in [-0.1, -0.05) is 65.3 Å². The molecule has 2 nitrogen and oxygen atoms in total. The van der Waals surface area contributed by atoms with Gasteiger partial charge in [-0.25, -0.2) is 0 Å². The molecular formula is C18H22BrNO. The second-order valence-electron chi connectivity index (χ2n) is 5.61. The predicted octanol–water partition coefficient (Wildman–Crippen LogP) is 4.31. The summed E-state index contributed by atoms with van der Waals surface area (Å²) in [5.41, 5.74) is 1.07. The Balaban J connectivity index is 1.81. The molecule has 2 aromatic carbocycles. The van der Waals surface area contributed by atoms with Crippen LogP contribution in [-0.4, -0.2) is 17.8 Å². The second-order valence-corrected chi connectivity index (χ2v) is 6.26. The normalized spacial score (nSPS) is 12.3. The molecule has 0 bridgehead atoms.